The van der Waals surface area contributed by atoms with E-state index in [1.54, 1.807) is 6.07 Å². The van der Waals surface area contributed by atoms with E-state index in [-0.39, 0.29) is 29.6 Å². The molecule has 1 saturated heterocycles. The number of piperidine rings is 1. The summed E-state index contributed by atoms with van der Waals surface area (Å²) in [5.41, 5.74) is 7.74. The maximum Gasteiger partial charge on any atom is 0.235 e. The monoisotopic (exact) mass is 273 g/mol. The number of carbonyl (C=O) groups is 3. The molecule has 3 rings (SSSR count). The predicted molar refractivity (Wildman–Crippen MR) is 69.6 cm³/mol. The maximum absolute atomic E-state index is 11.8. The SMILES string of the molecule is NC(=O)C1CCc2nc([C@@H]3CCC(=O)NC3=O)ccc21. The molecule has 2 atom stereocenters. The summed E-state index contributed by atoms with van der Waals surface area (Å²) in [7, 11) is 0. The minimum atomic E-state index is -0.384. The van der Waals surface area contributed by atoms with Crippen LogP contribution in [0.3, 0.4) is 0 Å². The molecule has 0 aromatic carbocycles. The van der Waals surface area contributed by atoms with Gasteiger partial charge in [0.15, 0.2) is 0 Å². The molecule has 20 heavy (non-hydrogen) atoms. The highest BCUT2D eigenvalue weighted by molar-refractivity contribution is 6.00. The number of hydrogen-bond donors (Lipinski definition) is 2. The Bertz CT molecular complexity index is 612. The second-order valence-electron chi connectivity index (χ2n) is 5.27. The van der Waals surface area contributed by atoms with E-state index in [0.29, 0.717) is 31.4 Å². The Hall–Kier alpha value is -2.24. The van der Waals surface area contributed by atoms with Crippen LogP contribution in [0, 0.1) is 0 Å². The summed E-state index contributed by atoms with van der Waals surface area (Å²) in [4.78, 5) is 38.8. The van der Waals surface area contributed by atoms with Crippen LogP contribution < -0.4 is 11.1 Å². The normalized spacial score (nSPS) is 25.2. The van der Waals surface area contributed by atoms with Gasteiger partial charge in [0.2, 0.25) is 17.7 Å². The van der Waals surface area contributed by atoms with Crippen LogP contribution in [-0.2, 0) is 20.8 Å². The molecule has 2 heterocycles. The lowest BCUT2D eigenvalue weighted by Crippen LogP contribution is -2.39. The van der Waals surface area contributed by atoms with Crippen LogP contribution in [0.2, 0.25) is 0 Å². The second kappa shape index (κ2) is 4.70. The molecule has 1 aromatic heterocycles. The number of nitrogens with one attached hydrogen (secondary N) is 1. The summed E-state index contributed by atoms with van der Waals surface area (Å²) >= 11 is 0. The van der Waals surface area contributed by atoms with Gasteiger partial charge >= 0.3 is 0 Å². The molecule has 1 aromatic rings. The number of primary amides is 1. The topological polar surface area (TPSA) is 102 Å². The first-order valence-electron chi connectivity index (χ1n) is 6.69. The lowest BCUT2D eigenvalue weighted by Gasteiger charge is -2.20. The van der Waals surface area contributed by atoms with Crippen molar-refractivity contribution in [3.05, 3.63) is 29.1 Å². The largest absolute Gasteiger partial charge is 0.369 e. The molecule has 0 radical (unpaired) electrons. The summed E-state index contributed by atoms with van der Waals surface area (Å²) in [6.07, 6.45) is 2.19. The Morgan fingerprint density at radius 3 is 2.75 bits per heavy atom. The van der Waals surface area contributed by atoms with Gasteiger partial charge in [0, 0.05) is 12.1 Å². The molecule has 1 aliphatic carbocycles. The van der Waals surface area contributed by atoms with Gasteiger partial charge in [0.05, 0.1) is 17.5 Å². The van der Waals surface area contributed by atoms with Crippen LogP contribution >= 0.6 is 0 Å². The van der Waals surface area contributed by atoms with Gasteiger partial charge in [0.25, 0.3) is 0 Å². The molecule has 0 saturated carbocycles. The Balaban J connectivity index is 1.89. The van der Waals surface area contributed by atoms with E-state index in [0.717, 1.165) is 11.3 Å². The number of aromatic nitrogens is 1. The van der Waals surface area contributed by atoms with Gasteiger partial charge in [-0.3, -0.25) is 24.7 Å². The number of nitrogens with zero attached hydrogens (tertiary/aromatic N) is 1. The minimum Gasteiger partial charge on any atom is -0.369 e. The highest BCUT2D eigenvalue weighted by Gasteiger charge is 2.32. The molecule has 0 spiro atoms. The molecule has 3 N–H and O–H groups in total. The smallest absolute Gasteiger partial charge is 0.235 e. The average molecular weight is 273 g/mol. The number of nitrogens with two attached hydrogens (primary N) is 1. The quantitative estimate of drug-likeness (QED) is 0.747. The highest BCUT2D eigenvalue weighted by atomic mass is 16.2. The Morgan fingerprint density at radius 1 is 1.25 bits per heavy atom. The molecule has 0 bridgehead atoms. The zero-order valence-corrected chi connectivity index (χ0v) is 10.9. The first-order valence-corrected chi connectivity index (χ1v) is 6.69. The first-order chi connectivity index (χ1) is 9.56. The van der Waals surface area contributed by atoms with E-state index in [2.05, 4.69) is 10.3 Å². The molecular formula is C14H15N3O3. The highest BCUT2D eigenvalue weighted by Crippen LogP contribution is 2.33. The second-order valence-corrected chi connectivity index (χ2v) is 5.27. The fraction of sp³-hybridized carbons (Fsp3) is 0.429. The van der Waals surface area contributed by atoms with Gasteiger partial charge in [-0.1, -0.05) is 6.07 Å². The van der Waals surface area contributed by atoms with Crippen LogP contribution in [0.1, 0.15) is 48.0 Å². The van der Waals surface area contributed by atoms with Gasteiger partial charge < -0.3 is 5.73 Å². The van der Waals surface area contributed by atoms with Gasteiger partial charge in [-0.15, -0.1) is 0 Å². The summed E-state index contributed by atoms with van der Waals surface area (Å²) in [6.45, 7) is 0. The van der Waals surface area contributed by atoms with E-state index >= 15 is 0 Å². The molecule has 1 aliphatic heterocycles. The third kappa shape index (κ3) is 2.07. The maximum atomic E-state index is 11.8. The molecule has 3 amide bonds. The van der Waals surface area contributed by atoms with E-state index in [9.17, 15) is 14.4 Å². The first kappa shape index (κ1) is 12.8. The standard InChI is InChI=1S/C14H15N3O3/c15-13(19)8-2-5-10-7(8)1-4-11(16-10)9-3-6-12(18)17-14(9)20/h1,4,8-9H,2-3,5-6H2,(H2,15,19)(H,17,18,20)/t8?,9-/m0/s1. The lowest BCUT2D eigenvalue weighted by atomic mass is 9.93. The van der Waals surface area contributed by atoms with Crippen LogP contribution in [-0.4, -0.2) is 22.7 Å². The van der Waals surface area contributed by atoms with E-state index < -0.39 is 0 Å². The number of amides is 3. The summed E-state index contributed by atoms with van der Waals surface area (Å²) < 4.78 is 0. The molecular weight excluding hydrogens is 258 g/mol. The van der Waals surface area contributed by atoms with E-state index in [1.807, 2.05) is 6.07 Å². The van der Waals surface area contributed by atoms with E-state index in [4.69, 9.17) is 5.73 Å². The average Bonchev–Trinajstić information content (AvgIpc) is 2.81. The number of rotatable bonds is 2. The van der Waals surface area contributed by atoms with Crippen LogP contribution in [0.5, 0.6) is 0 Å². The van der Waals surface area contributed by atoms with Crippen molar-refractivity contribution in [2.45, 2.75) is 37.5 Å². The van der Waals surface area contributed by atoms with Crippen molar-refractivity contribution in [3.63, 3.8) is 0 Å². The number of hydrogen-bond acceptors (Lipinski definition) is 4. The number of imide groups is 1. The van der Waals surface area contributed by atoms with Crippen molar-refractivity contribution in [2.24, 2.45) is 5.73 Å². The number of pyridine rings is 1. The van der Waals surface area contributed by atoms with Gasteiger partial charge in [-0.25, -0.2) is 0 Å². The molecule has 104 valence electrons. The Labute approximate surface area is 115 Å². The molecule has 2 aliphatic rings. The van der Waals surface area contributed by atoms with Crippen LogP contribution in [0.15, 0.2) is 12.1 Å². The van der Waals surface area contributed by atoms with E-state index in [1.165, 1.54) is 0 Å². The van der Waals surface area contributed by atoms with Gasteiger partial charge in [-0.2, -0.15) is 0 Å². The van der Waals surface area contributed by atoms with Crippen molar-refractivity contribution in [1.29, 1.82) is 0 Å². The van der Waals surface area contributed by atoms with Crippen molar-refractivity contribution >= 4 is 17.7 Å². The Kier molecular flexibility index (Phi) is 3.00. The van der Waals surface area contributed by atoms with Gasteiger partial charge in [0.1, 0.15) is 0 Å². The fourth-order valence-corrected chi connectivity index (χ4v) is 2.95. The third-order valence-corrected chi connectivity index (χ3v) is 4.02. The fourth-order valence-electron chi connectivity index (χ4n) is 2.95. The Morgan fingerprint density at radius 2 is 2.05 bits per heavy atom. The van der Waals surface area contributed by atoms with Crippen molar-refractivity contribution < 1.29 is 14.4 Å². The molecule has 6 heteroatoms. The van der Waals surface area contributed by atoms with Crippen molar-refractivity contribution in [3.8, 4) is 0 Å². The summed E-state index contributed by atoms with van der Waals surface area (Å²) in [6, 6.07) is 3.60. The molecule has 1 fully saturated rings. The van der Waals surface area contributed by atoms with Crippen molar-refractivity contribution in [2.75, 3.05) is 0 Å². The lowest BCUT2D eigenvalue weighted by molar-refractivity contribution is -0.134. The number of aryl methyl sites for hydroxylation is 1. The summed E-state index contributed by atoms with van der Waals surface area (Å²) in [5.74, 6) is -1.52. The zero-order chi connectivity index (χ0) is 14.3. The number of carbonyl (C=O) groups excluding carboxylic acids is 3. The number of fused-ring (bicyclic) bond motifs is 1. The molecule has 1 unspecified atom stereocenters. The minimum absolute atomic E-state index is 0.235. The predicted octanol–water partition coefficient (Wildman–Crippen LogP) is 0.117. The summed E-state index contributed by atoms with van der Waals surface area (Å²) in [5, 5.41) is 2.33. The molecule has 6 nitrogen and oxygen atoms in total. The van der Waals surface area contributed by atoms with Gasteiger partial charge in [-0.05, 0) is 30.9 Å². The zero-order valence-electron chi connectivity index (χ0n) is 10.9. The van der Waals surface area contributed by atoms with Crippen LogP contribution in [0.25, 0.3) is 0 Å². The van der Waals surface area contributed by atoms with Crippen LogP contribution in [0.4, 0.5) is 0 Å². The third-order valence-electron chi connectivity index (χ3n) is 4.02. The van der Waals surface area contributed by atoms with Crippen molar-refractivity contribution in [1.82, 2.24) is 10.3 Å².